The van der Waals surface area contributed by atoms with Gasteiger partial charge in [-0.25, -0.2) is 21.6 Å². The fourth-order valence-electron chi connectivity index (χ4n) is 2.62. The highest BCUT2D eigenvalue weighted by Gasteiger charge is 2.18. The van der Waals surface area contributed by atoms with Gasteiger partial charge in [-0.05, 0) is 49.2 Å². The first-order chi connectivity index (χ1) is 14.5. The zero-order valence-electron chi connectivity index (χ0n) is 17.2. The molecular formula is C21H23F3N2O4S. The van der Waals surface area contributed by atoms with E-state index in [0.29, 0.717) is 12.2 Å². The highest BCUT2D eigenvalue weighted by atomic mass is 32.2. The molecule has 0 bridgehead atoms. The summed E-state index contributed by atoms with van der Waals surface area (Å²) in [6.45, 7) is 3.80. The van der Waals surface area contributed by atoms with Crippen molar-refractivity contribution >= 4 is 27.7 Å². The second kappa shape index (κ2) is 10.3. The van der Waals surface area contributed by atoms with E-state index in [4.69, 9.17) is 4.74 Å². The number of benzene rings is 2. The molecule has 10 heteroatoms. The molecule has 0 radical (unpaired) electrons. The maximum Gasteiger partial charge on any atom is 0.244 e. The van der Waals surface area contributed by atoms with Gasteiger partial charge in [0, 0.05) is 17.7 Å². The van der Waals surface area contributed by atoms with Crippen molar-refractivity contribution < 1.29 is 31.1 Å². The molecule has 6 nitrogen and oxygen atoms in total. The Balaban J connectivity index is 2.13. The summed E-state index contributed by atoms with van der Waals surface area (Å²) < 4.78 is 71.4. The number of ether oxygens (including phenoxy) is 1. The molecule has 2 N–H and O–H groups in total. The second-order valence-corrected chi connectivity index (χ2v) is 8.58. The number of hydrogen-bond donors (Lipinski definition) is 2. The lowest BCUT2D eigenvalue weighted by atomic mass is 10.1. The predicted molar refractivity (Wildman–Crippen MR) is 113 cm³/mol. The molecule has 0 aliphatic heterocycles. The number of sulfonamides is 1. The van der Waals surface area contributed by atoms with Gasteiger partial charge in [0.1, 0.15) is 17.3 Å². The van der Waals surface area contributed by atoms with E-state index in [1.54, 1.807) is 4.72 Å². The van der Waals surface area contributed by atoms with Crippen LogP contribution < -0.4 is 14.8 Å². The van der Waals surface area contributed by atoms with E-state index in [2.05, 4.69) is 5.32 Å². The van der Waals surface area contributed by atoms with E-state index in [-0.39, 0.29) is 11.3 Å². The Morgan fingerprint density at radius 3 is 2.39 bits per heavy atom. The van der Waals surface area contributed by atoms with Crippen molar-refractivity contribution in [1.82, 2.24) is 5.32 Å². The number of carbonyl (C=O) groups excluding carboxylic acids is 1. The zero-order chi connectivity index (χ0) is 23.2. The Labute approximate surface area is 179 Å². The third kappa shape index (κ3) is 7.32. The Hall–Kier alpha value is -3.01. The molecule has 0 aliphatic rings. The average Bonchev–Trinajstić information content (AvgIpc) is 2.67. The van der Waals surface area contributed by atoms with E-state index in [1.807, 2.05) is 6.92 Å². The van der Waals surface area contributed by atoms with E-state index in [1.165, 1.54) is 37.3 Å². The van der Waals surface area contributed by atoms with Crippen molar-refractivity contribution in [3.8, 4) is 5.75 Å². The molecule has 0 saturated carbocycles. The SMILES string of the molecule is CCCOc1cc(F)ccc1C=CC(=O)NC(C)c1cc(F)c(NS(C)(=O)=O)c(F)c1. The predicted octanol–water partition coefficient (Wildman–Crippen LogP) is 4.15. The van der Waals surface area contributed by atoms with Gasteiger partial charge in [0.2, 0.25) is 15.9 Å². The Morgan fingerprint density at radius 2 is 1.81 bits per heavy atom. The summed E-state index contributed by atoms with van der Waals surface area (Å²) >= 11 is 0. The number of anilines is 1. The fraction of sp³-hybridized carbons (Fsp3) is 0.286. The van der Waals surface area contributed by atoms with Crippen LogP contribution in [0.5, 0.6) is 5.75 Å². The molecule has 168 valence electrons. The van der Waals surface area contributed by atoms with E-state index in [0.717, 1.165) is 24.8 Å². The first-order valence-corrected chi connectivity index (χ1v) is 11.3. The summed E-state index contributed by atoms with van der Waals surface area (Å²) in [5.41, 5.74) is -0.198. The number of rotatable bonds is 9. The number of hydrogen-bond acceptors (Lipinski definition) is 4. The Kier molecular flexibility index (Phi) is 8.09. The van der Waals surface area contributed by atoms with E-state index in [9.17, 15) is 26.4 Å². The molecule has 2 aromatic carbocycles. The summed E-state index contributed by atoms with van der Waals surface area (Å²) in [5, 5.41) is 2.55. The van der Waals surface area contributed by atoms with Gasteiger partial charge in [-0.3, -0.25) is 9.52 Å². The van der Waals surface area contributed by atoms with Gasteiger partial charge >= 0.3 is 0 Å². The molecule has 1 amide bonds. The van der Waals surface area contributed by atoms with Gasteiger partial charge in [-0.15, -0.1) is 0 Å². The van der Waals surface area contributed by atoms with Crippen LogP contribution in [-0.4, -0.2) is 27.2 Å². The normalized spacial score (nSPS) is 12.6. The lowest BCUT2D eigenvalue weighted by Crippen LogP contribution is -2.25. The van der Waals surface area contributed by atoms with Gasteiger partial charge in [-0.2, -0.15) is 0 Å². The highest BCUT2D eigenvalue weighted by molar-refractivity contribution is 7.92. The molecule has 0 aromatic heterocycles. The molecule has 1 atom stereocenters. The van der Waals surface area contributed by atoms with Crippen molar-refractivity contribution in [3.05, 3.63) is 65.0 Å². The third-order valence-electron chi connectivity index (χ3n) is 4.06. The molecule has 1 unspecified atom stereocenters. The minimum Gasteiger partial charge on any atom is -0.493 e. The number of carbonyl (C=O) groups is 1. The summed E-state index contributed by atoms with van der Waals surface area (Å²) in [5.74, 6) is -2.96. The van der Waals surface area contributed by atoms with Crippen LogP contribution in [-0.2, 0) is 14.8 Å². The van der Waals surface area contributed by atoms with E-state index >= 15 is 0 Å². The monoisotopic (exact) mass is 456 g/mol. The molecule has 0 aliphatic carbocycles. The summed E-state index contributed by atoms with van der Waals surface area (Å²) in [4.78, 5) is 12.2. The van der Waals surface area contributed by atoms with Crippen molar-refractivity contribution in [2.75, 3.05) is 17.6 Å². The largest absolute Gasteiger partial charge is 0.493 e. The van der Waals surface area contributed by atoms with Gasteiger partial charge < -0.3 is 10.1 Å². The summed E-state index contributed by atoms with van der Waals surface area (Å²) in [7, 11) is -3.86. The van der Waals surface area contributed by atoms with Crippen molar-refractivity contribution in [1.29, 1.82) is 0 Å². The highest BCUT2D eigenvalue weighted by Crippen LogP contribution is 2.25. The molecule has 2 rings (SSSR count). The lowest BCUT2D eigenvalue weighted by molar-refractivity contribution is -0.117. The maximum atomic E-state index is 14.1. The number of amides is 1. The average molecular weight is 456 g/mol. The lowest BCUT2D eigenvalue weighted by Gasteiger charge is -2.15. The summed E-state index contributed by atoms with van der Waals surface area (Å²) in [6, 6.07) is 5.00. The van der Waals surface area contributed by atoms with Crippen molar-refractivity contribution in [2.24, 2.45) is 0 Å². The summed E-state index contributed by atoms with van der Waals surface area (Å²) in [6.07, 6.45) is 4.12. The molecule has 2 aromatic rings. The Bertz CT molecular complexity index is 1070. The first kappa shape index (κ1) is 24.3. The quantitative estimate of drug-likeness (QED) is 0.555. The molecule has 31 heavy (non-hydrogen) atoms. The minimum atomic E-state index is -3.86. The topological polar surface area (TPSA) is 84.5 Å². The third-order valence-corrected chi connectivity index (χ3v) is 4.64. The van der Waals surface area contributed by atoms with E-state index < -0.39 is 45.1 Å². The van der Waals surface area contributed by atoms with Crippen LogP contribution in [0.3, 0.4) is 0 Å². The first-order valence-electron chi connectivity index (χ1n) is 9.37. The zero-order valence-corrected chi connectivity index (χ0v) is 18.0. The molecule has 0 fully saturated rings. The van der Waals surface area contributed by atoms with Crippen LogP contribution in [0.1, 0.15) is 37.4 Å². The molecular weight excluding hydrogens is 433 g/mol. The molecule has 0 heterocycles. The van der Waals surface area contributed by atoms with Crippen LogP contribution in [0.25, 0.3) is 6.08 Å². The van der Waals surface area contributed by atoms with Crippen molar-refractivity contribution in [2.45, 2.75) is 26.3 Å². The van der Waals surface area contributed by atoms with Crippen LogP contribution in [0.4, 0.5) is 18.9 Å². The molecule has 0 saturated heterocycles. The van der Waals surface area contributed by atoms with Crippen LogP contribution in [0, 0.1) is 17.5 Å². The standard InChI is InChI=1S/C21H23F3N2O4S/c1-4-9-30-19-12-16(22)7-5-14(19)6-8-20(27)25-13(2)15-10-17(23)21(18(24)11-15)26-31(3,28)29/h5-8,10-13,26H,4,9H2,1-3H3,(H,25,27). The number of nitrogens with one attached hydrogen (secondary N) is 2. The number of halogens is 3. The molecule has 0 spiro atoms. The smallest absolute Gasteiger partial charge is 0.244 e. The Morgan fingerprint density at radius 1 is 1.16 bits per heavy atom. The van der Waals surface area contributed by atoms with Crippen molar-refractivity contribution in [3.63, 3.8) is 0 Å². The van der Waals surface area contributed by atoms with Crippen LogP contribution >= 0.6 is 0 Å². The van der Waals surface area contributed by atoms with Gasteiger partial charge in [0.05, 0.1) is 18.9 Å². The fourth-order valence-corrected chi connectivity index (χ4v) is 3.18. The minimum absolute atomic E-state index is 0.101. The van der Waals surface area contributed by atoms with Gasteiger partial charge in [0.25, 0.3) is 0 Å². The van der Waals surface area contributed by atoms with Gasteiger partial charge in [0.15, 0.2) is 11.6 Å². The second-order valence-electron chi connectivity index (χ2n) is 6.83. The van der Waals surface area contributed by atoms with Crippen LogP contribution in [0.15, 0.2) is 36.4 Å². The van der Waals surface area contributed by atoms with Gasteiger partial charge in [-0.1, -0.05) is 6.92 Å². The van der Waals surface area contributed by atoms with Crippen LogP contribution in [0.2, 0.25) is 0 Å². The maximum absolute atomic E-state index is 14.1.